The minimum absolute atomic E-state index is 0.152. The first-order valence-corrected chi connectivity index (χ1v) is 3.17. The van der Waals surface area contributed by atoms with E-state index in [9.17, 15) is 4.79 Å². The molecule has 4 nitrogen and oxygen atoms in total. The van der Waals surface area contributed by atoms with Crippen LogP contribution in [0.3, 0.4) is 0 Å². The summed E-state index contributed by atoms with van der Waals surface area (Å²) < 4.78 is 5.04. The summed E-state index contributed by atoms with van der Waals surface area (Å²) >= 11 is 0. The van der Waals surface area contributed by atoms with E-state index in [1.807, 2.05) is 0 Å². The van der Waals surface area contributed by atoms with Gasteiger partial charge in [-0.3, -0.25) is 10.1 Å². The molecule has 1 rings (SSSR count). The molecule has 2 N–H and O–H groups in total. The van der Waals surface area contributed by atoms with E-state index in [1.165, 1.54) is 0 Å². The summed E-state index contributed by atoms with van der Waals surface area (Å²) in [6.45, 7) is 2.03. The Hall–Kier alpha value is -0.545. The average molecular weight is 143 g/mol. The van der Waals surface area contributed by atoms with Crippen LogP contribution in [0.5, 0.6) is 0 Å². The summed E-state index contributed by atoms with van der Waals surface area (Å²) in [6, 6.07) is 0. The van der Waals surface area contributed by atoms with E-state index in [2.05, 4.69) is 5.32 Å². The first-order valence-electron chi connectivity index (χ1n) is 3.17. The van der Waals surface area contributed by atoms with Crippen molar-refractivity contribution < 1.29 is 14.6 Å². The smallest absolute Gasteiger partial charge is 0.317 e. The third kappa shape index (κ3) is 1.15. The van der Waals surface area contributed by atoms with Gasteiger partial charge in [0.15, 0.2) is 0 Å². The largest absolute Gasteiger partial charge is 0.480 e. The minimum Gasteiger partial charge on any atom is -0.480 e. The van der Waals surface area contributed by atoms with Gasteiger partial charge in [-0.1, -0.05) is 0 Å². The van der Waals surface area contributed by atoms with Crippen LogP contribution >= 0.6 is 0 Å². The van der Waals surface area contributed by atoms with E-state index in [0.29, 0.717) is 0 Å². The molecule has 0 aliphatic carbocycles. The van der Waals surface area contributed by atoms with Gasteiger partial charge in [0.2, 0.25) is 0 Å². The second-order valence-electron chi connectivity index (χ2n) is 2.73. The molecule has 2 atom stereocenters. The summed E-state index contributed by atoms with van der Waals surface area (Å²) in [4.78, 5) is 10.5. The van der Waals surface area contributed by atoms with Crippen LogP contribution in [-0.2, 0) is 9.53 Å². The van der Waals surface area contributed by atoms with Crippen LogP contribution in [-0.4, -0.2) is 37.2 Å². The maximum absolute atomic E-state index is 10.5. The summed E-state index contributed by atoms with van der Waals surface area (Å²) in [5.41, 5.74) is -0.889. The number of aliphatic carboxylic acids is 1. The Labute approximate surface area is 60.0 Å². The Bertz CT molecular complexity index is 163. The van der Waals surface area contributed by atoms with Gasteiger partial charge in [-0.2, -0.15) is 0 Å². The van der Waals surface area contributed by atoms with Crippen LogP contribution in [0.4, 0.5) is 0 Å². The molecule has 0 aromatic rings. The van der Waals surface area contributed by atoms with Gasteiger partial charge in [0.1, 0.15) is 19.5 Å². The maximum atomic E-state index is 10.5. The molecule has 1 saturated heterocycles. The molecule has 1 aliphatic heterocycles. The van der Waals surface area contributed by atoms with Crippen molar-refractivity contribution >= 4 is 13.8 Å². The third-order valence-electron chi connectivity index (χ3n) is 1.62. The number of rotatable bonds is 1. The normalized spacial score (nSPS) is 39.9. The Kier molecular flexibility index (Phi) is 1.70. The number of ether oxygens (including phenoxy) is 1. The van der Waals surface area contributed by atoms with Crippen molar-refractivity contribution in [3.05, 3.63) is 0 Å². The van der Waals surface area contributed by atoms with Gasteiger partial charge in [-0.15, -0.1) is 0 Å². The van der Waals surface area contributed by atoms with E-state index in [1.54, 1.807) is 14.8 Å². The van der Waals surface area contributed by atoms with E-state index >= 15 is 0 Å². The molecule has 0 radical (unpaired) electrons. The van der Waals surface area contributed by atoms with Gasteiger partial charge < -0.3 is 9.84 Å². The molecule has 56 valence electrons. The standard InChI is InChI=1S/C5H10BNO3/c1-3-7-5(6,2-10-3)4(8)9/h3,7H,2,6H2,1H3,(H,8,9)/t3?,5-/m1/s1. The zero-order valence-corrected chi connectivity index (χ0v) is 6.05. The molecule has 1 fully saturated rings. The van der Waals surface area contributed by atoms with E-state index < -0.39 is 11.4 Å². The van der Waals surface area contributed by atoms with Crippen LogP contribution in [0.2, 0.25) is 0 Å². The Morgan fingerprint density at radius 3 is 2.80 bits per heavy atom. The topological polar surface area (TPSA) is 58.6 Å². The molecule has 5 heteroatoms. The number of hydrogen-bond donors (Lipinski definition) is 2. The summed E-state index contributed by atoms with van der Waals surface area (Å²) in [7, 11) is 1.61. The van der Waals surface area contributed by atoms with Crippen LogP contribution in [0.25, 0.3) is 0 Å². The van der Waals surface area contributed by atoms with Crippen molar-refractivity contribution in [2.75, 3.05) is 6.61 Å². The minimum atomic E-state index is -0.889. The van der Waals surface area contributed by atoms with Gasteiger partial charge in [0, 0.05) is 0 Å². The molecule has 0 spiro atoms. The lowest BCUT2D eigenvalue weighted by Crippen LogP contribution is -2.51. The van der Waals surface area contributed by atoms with E-state index in [4.69, 9.17) is 9.84 Å². The number of hydrogen-bond acceptors (Lipinski definition) is 3. The third-order valence-corrected chi connectivity index (χ3v) is 1.62. The second-order valence-corrected chi connectivity index (χ2v) is 2.73. The van der Waals surface area contributed by atoms with Crippen molar-refractivity contribution in [2.24, 2.45) is 0 Å². The van der Waals surface area contributed by atoms with Crippen LogP contribution in [0.1, 0.15) is 6.92 Å². The highest BCUT2D eigenvalue weighted by Gasteiger charge is 2.39. The van der Waals surface area contributed by atoms with Gasteiger partial charge >= 0.3 is 5.97 Å². The number of carbonyl (C=O) groups is 1. The fraction of sp³-hybridized carbons (Fsp3) is 0.800. The summed E-state index contributed by atoms with van der Waals surface area (Å²) in [6.07, 6.45) is -0.152. The van der Waals surface area contributed by atoms with E-state index in [0.717, 1.165) is 0 Å². The lowest BCUT2D eigenvalue weighted by molar-refractivity contribution is -0.140. The SMILES string of the molecule is B[C@]1(C(=O)O)COC(C)N1. The van der Waals surface area contributed by atoms with Crippen molar-refractivity contribution in [3.63, 3.8) is 0 Å². The number of carboxylic acid groups (broad SMARTS) is 1. The molecule has 0 aromatic heterocycles. The fourth-order valence-corrected chi connectivity index (χ4v) is 0.947. The van der Waals surface area contributed by atoms with Gasteiger partial charge in [0.25, 0.3) is 0 Å². The number of carboxylic acids is 1. The monoisotopic (exact) mass is 143 g/mol. The zero-order chi connectivity index (χ0) is 7.78. The molecule has 0 saturated carbocycles. The van der Waals surface area contributed by atoms with Crippen molar-refractivity contribution in [1.82, 2.24) is 5.32 Å². The van der Waals surface area contributed by atoms with Crippen LogP contribution < -0.4 is 5.32 Å². The molecule has 0 amide bonds. The van der Waals surface area contributed by atoms with E-state index in [-0.39, 0.29) is 12.8 Å². The van der Waals surface area contributed by atoms with Gasteiger partial charge in [0.05, 0.1) is 6.61 Å². The highest BCUT2D eigenvalue weighted by atomic mass is 16.5. The molecule has 0 bridgehead atoms. The molecular weight excluding hydrogens is 133 g/mol. The molecule has 1 aliphatic rings. The summed E-state index contributed by atoms with van der Waals surface area (Å²) in [5.74, 6) is -0.864. The molecule has 1 unspecified atom stereocenters. The first kappa shape index (κ1) is 7.56. The average Bonchev–Trinajstić information content (AvgIpc) is 2.13. The van der Waals surface area contributed by atoms with Crippen LogP contribution in [0.15, 0.2) is 0 Å². The zero-order valence-electron chi connectivity index (χ0n) is 6.05. The van der Waals surface area contributed by atoms with Crippen molar-refractivity contribution in [3.8, 4) is 0 Å². The fourth-order valence-electron chi connectivity index (χ4n) is 0.947. The maximum Gasteiger partial charge on any atom is 0.317 e. The molecule has 10 heavy (non-hydrogen) atoms. The molecular formula is C5H10BNO3. The lowest BCUT2D eigenvalue weighted by atomic mass is 9.79. The molecule has 0 aromatic carbocycles. The van der Waals surface area contributed by atoms with Gasteiger partial charge in [-0.25, -0.2) is 0 Å². The van der Waals surface area contributed by atoms with Crippen molar-refractivity contribution in [2.45, 2.75) is 18.6 Å². The number of nitrogens with one attached hydrogen (secondary N) is 1. The van der Waals surface area contributed by atoms with Crippen molar-refractivity contribution in [1.29, 1.82) is 0 Å². The lowest BCUT2D eigenvalue weighted by Gasteiger charge is -2.16. The molecule has 1 heterocycles. The predicted octanol–water partition coefficient (Wildman–Crippen LogP) is -1.63. The first-order chi connectivity index (χ1) is 4.54. The quantitative estimate of drug-likeness (QED) is 0.432. The Balaban J connectivity index is 2.63. The second kappa shape index (κ2) is 2.25. The predicted molar refractivity (Wildman–Crippen MR) is 37.5 cm³/mol. The highest BCUT2D eigenvalue weighted by Crippen LogP contribution is 2.10. The highest BCUT2D eigenvalue weighted by molar-refractivity contribution is 6.27. The van der Waals surface area contributed by atoms with Gasteiger partial charge in [-0.05, 0) is 6.92 Å². The Morgan fingerprint density at radius 2 is 2.60 bits per heavy atom. The van der Waals surface area contributed by atoms with Crippen LogP contribution in [0, 0.1) is 0 Å². The Morgan fingerprint density at radius 1 is 2.00 bits per heavy atom. The summed E-state index contributed by atoms with van der Waals surface area (Å²) in [5, 5.41) is 11.5.